The van der Waals surface area contributed by atoms with Gasteiger partial charge in [0.25, 0.3) is 5.91 Å². The van der Waals surface area contributed by atoms with Crippen molar-refractivity contribution in [1.82, 2.24) is 10.3 Å². The first-order valence-corrected chi connectivity index (χ1v) is 10.8. The number of halogens is 3. The van der Waals surface area contributed by atoms with Crippen LogP contribution >= 0.6 is 0 Å². The van der Waals surface area contributed by atoms with Gasteiger partial charge in [0.2, 0.25) is 0 Å². The minimum atomic E-state index is -0.979. The molecule has 2 aromatic rings. The number of allylic oxidation sites excluding steroid dienone is 1. The maximum absolute atomic E-state index is 14.4. The summed E-state index contributed by atoms with van der Waals surface area (Å²) in [5.74, 6) is -3.11. The first-order valence-electron chi connectivity index (χ1n) is 10.8. The second-order valence-electron chi connectivity index (χ2n) is 8.32. The van der Waals surface area contributed by atoms with Crippen molar-refractivity contribution in [3.05, 3.63) is 77.5 Å². The summed E-state index contributed by atoms with van der Waals surface area (Å²) < 4.78 is 42.7. The van der Waals surface area contributed by atoms with Gasteiger partial charge in [0, 0.05) is 12.3 Å². The van der Waals surface area contributed by atoms with Crippen molar-refractivity contribution in [1.29, 1.82) is 0 Å². The van der Waals surface area contributed by atoms with Crippen molar-refractivity contribution in [2.75, 3.05) is 0 Å². The lowest BCUT2D eigenvalue weighted by Gasteiger charge is -2.33. The van der Waals surface area contributed by atoms with Gasteiger partial charge in [-0.3, -0.25) is 9.79 Å². The summed E-state index contributed by atoms with van der Waals surface area (Å²) in [6, 6.07) is 5.30. The smallest absolute Gasteiger partial charge is 0.274 e. The SMILES string of the molecule is C=C(/C(=C\N=CC)NC(=O)c1ccc(F)c(-c2c(F)cccc2F)n1)[C@@H]1C[C@H](C)C[C@H](N)C1. The highest BCUT2D eigenvalue weighted by atomic mass is 19.1. The number of benzene rings is 1. The Labute approximate surface area is 191 Å². The summed E-state index contributed by atoms with van der Waals surface area (Å²) in [6.07, 6.45) is 5.58. The van der Waals surface area contributed by atoms with Crippen LogP contribution in [-0.4, -0.2) is 23.1 Å². The highest BCUT2D eigenvalue weighted by molar-refractivity contribution is 5.94. The monoisotopic (exact) mass is 456 g/mol. The van der Waals surface area contributed by atoms with Gasteiger partial charge in [-0.1, -0.05) is 19.6 Å². The van der Waals surface area contributed by atoms with Gasteiger partial charge < -0.3 is 11.1 Å². The van der Waals surface area contributed by atoms with E-state index in [0.717, 1.165) is 49.6 Å². The van der Waals surface area contributed by atoms with Crippen LogP contribution in [0, 0.1) is 29.3 Å². The van der Waals surface area contributed by atoms with Crippen LogP contribution in [0.3, 0.4) is 0 Å². The third kappa shape index (κ3) is 5.76. The molecule has 174 valence electrons. The summed E-state index contributed by atoms with van der Waals surface area (Å²) >= 11 is 0. The Hall–Kier alpha value is -3.26. The molecule has 1 aliphatic carbocycles. The van der Waals surface area contributed by atoms with E-state index in [0.29, 0.717) is 17.2 Å². The van der Waals surface area contributed by atoms with Crippen LogP contribution in [0.5, 0.6) is 0 Å². The summed E-state index contributed by atoms with van der Waals surface area (Å²) in [4.78, 5) is 21.0. The van der Waals surface area contributed by atoms with Crippen molar-refractivity contribution < 1.29 is 18.0 Å². The van der Waals surface area contributed by atoms with E-state index in [1.807, 2.05) is 0 Å². The highest BCUT2D eigenvalue weighted by Gasteiger charge is 2.28. The molecule has 33 heavy (non-hydrogen) atoms. The first-order chi connectivity index (χ1) is 15.7. The molecule has 0 unspecified atom stereocenters. The Bertz CT molecular complexity index is 1080. The second-order valence-corrected chi connectivity index (χ2v) is 8.32. The van der Waals surface area contributed by atoms with Crippen LogP contribution in [-0.2, 0) is 0 Å². The third-order valence-corrected chi connectivity index (χ3v) is 5.70. The maximum Gasteiger partial charge on any atom is 0.274 e. The molecule has 0 spiro atoms. The van der Waals surface area contributed by atoms with Gasteiger partial charge >= 0.3 is 0 Å². The molecular weight excluding hydrogens is 429 g/mol. The van der Waals surface area contributed by atoms with E-state index >= 15 is 0 Å². The Kier molecular flexibility index (Phi) is 7.81. The molecule has 0 bridgehead atoms. The van der Waals surface area contributed by atoms with Crippen molar-refractivity contribution in [3.8, 4) is 11.3 Å². The van der Waals surface area contributed by atoms with Crippen LogP contribution in [0.4, 0.5) is 13.2 Å². The van der Waals surface area contributed by atoms with Crippen LogP contribution in [0.2, 0.25) is 0 Å². The minimum Gasteiger partial charge on any atom is -0.328 e. The number of pyridine rings is 1. The number of hydrogen-bond acceptors (Lipinski definition) is 4. The largest absolute Gasteiger partial charge is 0.328 e. The molecule has 1 aliphatic rings. The normalized spacial score (nSPS) is 21.3. The Morgan fingerprint density at radius 2 is 1.85 bits per heavy atom. The van der Waals surface area contributed by atoms with Crippen molar-refractivity contribution in [2.45, 2.75) is 39.2 Å². The fourth-order valence-corrected chi connectivity index (χ4v) is 4.16. The van der Waals surface area contributed by atoms with Gasteiger partial charge in [-0.25, -0.2) is 18.2 Å². The molecule has 1 fully saturated rings. The second kappa shape index (κ2) is 10.6. The molecule has 1 heterocycles. The molecule has 3 atom stereocenters. The number of carbonyl (C=O) groups is 1. The lowest BCUT2D eigenvalue weighted by molar-refractivity contribution is 0.0960. The van der Waals surface area contributed by atoms with E-state index in [-0.39, 0.29) is 17.7 Å². The van der Waals surface area contributed by atoms with E-state index in [9.17, 15) is 18.0 Å². The molecule has 1 saturated carbocycles. The average molecular weight is 457 g/mol. The Balaban J connectivity index is 1.90. The maximum atomic E-state index is 14.4. The number of nitrogens with one attached hydrogen (secondary N) is 1. The molecule has 5 nitrogen and oxygen atoms in total. The number of amides is 1. The molecular formula is C25H27F3N4O. The van der Waals surface area contributed by atoms with E-state index in [1.54, 1.807) is 13.1 Å². The first kappa shape index (κ1) is 24.4. The summed E-state index contributed by atoms with van der Waals surface area (Å²) in [5.41, 5.74) is 5.81. The van der Waals surface area contributed by atoms with E-state index in [2.05, 4.69) is 28.8 Å². The zero-order valence-corrected chi connectivity index (χ0v) is 18.6. The lowest BCUT2D eigenvalue weighted by Crippen LogP contribution is -2.34. The fraction of sp³-hybridized carbons (Fsp3) is 0.320. The summed E-state index contributed by atoms with van der Waals surface area (Å²) in [6.45, 7) is 8.01. The van der Waals surface area contributed by atoms with E-state index < -0.39 is 34.6 Å². The lowest BCUT2D eigenvalue weighted by atomic mass is 9.76. The molecule has 3 rings (SSSR count). The van der Waals surface area contributed by atoms with Gasteiger partial charge in [0.15, 0.2) is 0 Å². The molecule has 0 aliphatic heterocycles. The van der Waals surface area contributed by atoms with Gasteiger partial charge in [-0.2, -0.15) is 0 Å². The number of aromatic nitrogens is 1. The van der Waals surface area contributed by atoms with Crippen molar-refractivity contribution in [2.24, 2.45) is 22.6 Å². The van der Waals surface area contributed by atoms with Gasteiger partial charge in [-0.15, -0.1) is 0 Å². The van der Waals surface area contributed by atoms with Crippen LogP contribution < -0.4 is 11.1 Å². The van der Waals surface area contributed by atoms with Crippen LogP contribution in [0.15, 0.2) is 59.4 Å². The number of hydrogen-bond donors (Lipinski definition) is 2. The number of carbonyl (C=O) groups excluding carboxylic acids is 1. The average Bonchev–Trinajstić information content (AvgIpc) is 2.76. The highest BCUT2D eigenvalue weighted by Crippen LogP contribution is 2.34. The Morgan fingerprint density at radius 1 is 1.15 bits per heavy atom. The topological polar surface area (TPSA) is 80.4 Å². The van der Waals surface area contributed by atoms with Crippen LogP contribution in [0.25, 0.3) is 11.3 Å². The van der Waals surface area contributed by atoms with Crippen molar-refractivity contribution in [3.63, 3.8) is 0 Å². The van der Waals surface area contributed by atoms with E-state index in [4.69, 9.17) is 5.73 Å². The number of nitrogens with two attached hydrogens (primary N) is 1. The van der Waals surface area contributed by atoms with Crippen LogP contribution in [0.1, 0.15) is 43.6 Å². The zero-order chi connectivity index (χ0) is 24.1. The molecule has 8 heteroatoms. The molecule has 1 aromatic heterocycles. The molecule has 0 saturated heterocycles. The quantitative estimate of drug-likeness (QED) is 0.466. The number of nitrogens with zero attached hydrogens (tertiary/aromatic N) is 2. The van der Waals surface area contributed by atoms with Crippen molar-refractivity contribution >= 4 is 12.1 Å². The zero-order valence-electron chi connectivity index (χ0n) is 18.6. The van der Waals surface area contributed by atoms with E-state index in [1.165, 1.54) is 6.20 Å². The van der Waals surface area contributed by atoms with Gasteiger partial charge in [0.05, 0.1) is 17.5 Å². The predicted octanol–water partition coefficient (Wildman–Crippen LogP) is 5.15. The number of rotatable bonds is 6. The summed E-state index contributed by atoms with van der Waals surface area (Å²) in [5, 5.41) is 2.72. The third-order valence-electron chi connectivity index (χ3n) is 5.70. The standard InChI is InChI=1S/C25H27F3N4O/c1-4-30-13-22(15(3)16-10-14(2)11-17(29)12-16)32-25(33)21-9-8-20(28)24(31-21)23-18(26)6-5-7-19(23)27/h4-9,13-14,16-17H,3,10-12,29H2,1-2H3,(H,32,33)/b22-13+,30-4?/t14-,16+,17-/m0/s1. The van der Waals surface area contributed by atoms with Gasteiger partial charge in [0.1, 0.15) is 28.8 Å². The summed E-state index contributed by atoms with van der Waals surface area (Å²) in [7, 11) is 0. The number of aliphatic imine (C=N–C) groups is 1. The molecule has 0 radical (unpaired) electrons. The minimum absolute atomic E-state index is 0.0408. The van der Waals surface area contributed by atoms with Gasteiger partial charge in [-0.05, 0) is 67.9 Å². The predicted molar refractivity (Wildman–Crippen MR) is 123 cm³/mol. The Morgan fingerprint density at radius 3 is 2.48 bits per heavy atom. The fourth-order valence-electron chi connectivity index (χ4n) is 4.16. The molecule has 1 amide bonds. The molecule has 3 N–H and O–H groups in total. The molecule has 1 aromatic carbocycles.